The van der Waals surface area contributed by atoms with Crippen LogP contribution in [0.15, 0.2) is 11.7 Å². The van der Waals surface area contributed by atoms with Gasteiger partial charge in [0.15, 0.2) is 5.13 Å². The third-order valence-electron chi connectivity index (χ3n) is 1.48. The van der Waals surface area contributed by atoms with Gasteiger partial charge in [-0.05, 0) is 52.1 Å². The van der Waals surface area contributed by atoms with Gasteiger partial charge in [-0.3, -0.25) is 4.57 Å². The Balaban J connectivity index is 2.52. The predicted octanol–water partition coefficient (Wildman–Crippen LogP) is 2.85. The van der Waals surface area contributed by atoms with Crippen LogP contribution in [0.5, 0.6) is 0 Å². The molecule has 0 aliphatic carbocycles. The normalized spacial score (nSPS) is 10.7. The van der Waals surface area contributed by atoms with Crippen molar-refractivity contribution in [3.63, 3.8) is 0 Å². The van der Waals surface area contributed by atoms with Crippen molar-refractivity contribution in [3.8, 4) is 5.13 Å². The van der Waals surface area contributed by atoms with Gasteiger partial charge in [0, 0.05) is 5.38 Å². The molecule has 0 spiro atoms. The number of nitrogens with zero attached hydrogens (tertiary/aromatic N) is 3. The van der Waals surface area contributed by atoms with Crippen molar-refractivity contribution >= 4 is 56.5 Å². The number of aromatic nitrogens is 3. The van der Waals surface area contributed by atoms with E-state index in [1.165, 1.54) is 0 Å². The Bertz CT molecular complexity index is 435. The topological polar surface area (TPSA) is 30.7 Å². The highest BCUT2D eigenvalue weighted by Gasteiger charge is 2.08. The van der Waals surface area contributed by atoms with Gasteiger partial charge in [-0.15, -0.1) is 11.3 Å². The summed E-state index contributed by atoms with van der Waals surface area (Å²) in [6.45, 7) is 1.99. The first-order chi connectivity index (χ1) is 6.18. The molecule has 0 bridgehead atoms. The van der Waals surface area contributed by atoms with Crippen LogP contribution in [0.1, 0.15) is 5.69 Å². The second-order valence-electron chi connectivity index (χ2n) is 2.47. The van der Waals surface area contributed by atoms with E-state index in [9.17, 15) is 0 Å². The smallest absolute Gasteiger partial charge is 0.195 e. The van der Waals surface area contributed by atoms with Crippen molar-refractivity contribution in [1.82, 2.24) is 14.5 Å². The molecule has 6 heteroatoms. The van der Waals surface area contributed by atoms with Crippen LogP contribution >= 0.6 is 56.5 Å². The average molecular weight is 417 g/mol. The Morgan fingerprint density at radius 1 is 1.46 bits per heavy atom. The van der Waals surface area contributed by atoms with E-state index in [0.717, 1.165) is 18.2 Å². The third kappa shape index (κ3) is 1.89. The summed E-state index contributed by atoms with van der Waals surface area (Å²) in [7, 11) is 0. The minimum absolute atomic E-state index is 0.984. The van der Waals surface area contributed by atoms with Gasteiger partial charge in [-0.25, -0.2) is 9.97 Å². The summed E-state index contributed by atoms with van der Waals surface area (Å²) >= 11 is 6.12. The van der Waals surface area contributed by atoms with Crippen LogP contribution in [-0.2, 0) is 0 Å². The van der Waals surface area contributed by atoms with Gasteiger partial charge in [0.25, 0.3) is 0 Å². The van der Waals surface area contributed by atoms with E-state index < -0.39 is 0 Å². The maximum absolute atomic E-state index is 4.39. The zero-order valence-corrected chi connectivity index (χ0v) is 11.8. The lowest BCUT2D eigenvalue weighted by Gasteiger charge is -1.96. The quantitative estimate of drug-likeness (QED) is 0.669. The summed E-state index contributed by atoms with van der Waals surface area (Å²) in [5.74, 6) is 0. The van der Waals surface area contributed by atoms with Gasteiger partial charge in [0.2, 0.25) is 0 Å². The van der Waals surface area contributed by atoms with E-state index in [2.05, 4.69) is 55.1 Å². The number of rotatable bonds is 1. The van der Waals surface area contributed by atoms with E-state index in [4.69, 9.17) is 0 Å². The molecule has 13 heavy (non-hydrogen) atoms. The number of hydrogen-bond acceptors (Lipinski definition) is 3. The van der Waals surface area contributed by atoms with Gasteiger partial charge < -0.3 is 0 Å². The molecular formula is C7H5I2N3S. The molecule has 2 aromatic heterocycles. The Hall–Kier alpha value is 0.300. The van der Waals surface area contributed by atoms with Crippen LogP contribution < -0.4 is 0 Å². The Labute approximate surface area is 107 Å². The van der Waals surface area contributed by atoms with Crippen molar-refractivity contribution < 1.29 is 0 Å². The van der Waals surface area contributed by atoms with E-state index in [0.29, 0.717) is 0 Å². The van der Waals surface area contributed by atoms with E-state index in [-0.39, 0.29) is 0 Å². The van der Waals surface area contributed by atoms with Crippen molar-refractivity contribution in [2.24, 2.45) is 0 Å². The van der Waals surface area contributed by atoms with Crippen LogP contribution in [0, 0.1) is 14.3 Å². The predicted molar refractivity (Wildman–Crippen MR) is 69.4 cm³/mol. The fraction of sp³-hybridized carbons (Fsp3) is 0.143. The minimum Gasteiger partial charge on any atom is -0.268 e. The molecule has 0 atom stereocenters. The first-order valence-corrected chi connectivity index (χ1v) is 6.53. The molecule has 68 valence electrons. The molecule has 0 amide bonds. The zero-order chi connectivity index (χ0) is 9.42. The second kappa shape index (κ2) is 3.81. The first kappa shape index (κ1) is 9.84. The lowest BCUT2D eigenvalue weighted by Crippen LogP contribution is -1.94. The van der Waals surface area contributed by atoms with Gasteiger partial charge in [0.1, 0.15) is 13.7 Å². The summed E-state index contributed by atoms with van der Waals surface area (Å²) in [5, 5.41) is 3.02. The molecule has 3 nitrogen and oxygen atoms in total. The molecule has 0 unspecified atom stereocenters. The van der Waals surface area contributed by atoms with E-state index >= 15 is 0 Å². The van der Waals surface area contributed by atoms with E-state index in [1.54, 1.807) is 11.3 Å². The second-order valence-corrected chi connectivity index (χ2v) is 5.35. The fourth-order valence-electron chi connectivity index (χ4n) is 0.897. The van der Waals surface area contributed by atoms with Crippen LogP contribution in [0.3, 0.4) is 0 Å². The zero-order valence-electron chi connectivity index (χ0n) is 6.66. The summed E-state index contributed by atoms with van der Waals surface area (Å²) in [4.78, 5) is 8.60. The van der Waals surface area contributed by atoms with E-state index in [1.807, 2.05) is 23.2 Å². The monoisotopic (exact) mass is 417 g/mol. The van der Waals surface area contributed by atoms with Gasteiger partial charge >= 0.3 is 0 Å². The van der Waals surface area contributed by atoms with Crippen molar-refractivity contribution in [2.75, 3.05) is 0 Å². The lowest BCUT2D eigenvalue weighted by molar-refractivity contribution is 0.994. The highest BCUT2D eigenvalue weighted by Crippen LogP contribution is 2.20. The Morgan fingerprint density at radius 2 is 2.23 bits per heavy atom. The van der Waals surface area contributed by atoms with Gasteiger partial charge in [0.05, 0.1) is 5.69 Å². The van der Waals surface area contributed by atoms with Crippen molar-refractivity contribution in [1.29, 1.82) is 0 Å². The molecule has 0 fully saturated rings. The SMILES string of the molecule is Cc1csc(-n2cnc(I)c2I)n1. The fourth-order valence-corrected chi connectivity index (χ4v) is 2.72. The Morgan fingerprint density at radius 3 is 2.69 bits per heavy atom. The molecule has 0 N–H and O–H groups in total. The standard InChI is InChI=1S/C7H5I2N3S/c1-4-2-13-7(11-4)12-3-10-5(8)6(12)9/h2-3H,1H3. The maximum Gasteiger partial charge on any atom is 0.195 e. The maximum atomic E-state index is 4.39. The number of thiazole rings is 1. The summed E-state index contributed by atoms with van der Waals surface area (Å²) in [6.07, 6.45) is 1.81. The highest BCUT2D eigenvalue weighted by atomic mass is 127. The third-order valence-corrected chi connectivity index (χ3v) is 5.29. The van der Waals surface area contributed by atoms with Gasteiger partial charge in [-0.2, -0.15) is 0 Å². The van der Waals surface area contributed by atoms with Crippen molar-refractivity contribution in [2.45, 2.75) is 6.92 Å². The number of hydrogen-bond donors (Lipinski definition) is 0. The molecule has 2 aromatic rings. The van der Waals surface area contributed by atoms with Gasteiger partial charge in [-0.1, -0.05) is 0 Å². The lowest BCUT2D eigenvalue weighted by atomic mass is 10.6. The number of aryl methyl sites for hydroxylation is 1. The largest absolute Gasteiger partial charge is 0.268 e. The molecule has 0 aromatic carbocycles. The molecular weight excluding hydrogens is 412 g/mol. The van der Waals surface area contributed by atoms with Crippen LogP contribution in [0.4, 0.5) is 0 Å². The molecule has 0 saturated carbocycles. The molecule has 2 rings (SSSR count). The minimum atomic E-state index is 0.984. The summed E-state index contributed by atoms with van der Waals surface area (Å²) in [5.41, 5.74) is 1.06. The number of imidazole rings is 1. The molecule has 0 aliphatic heterocycles. The molecule has 0 radical (unpaired) electrons. The van der Waals surface area contributed by atoms with Crippen LogP contribution in [0.25, 0.3) is 5.13 Å². The first-order valence-electron chi connectivity index (χ1n) is 3.49. The van der Waals surface area contributed by atoms with Crippen LogP contribution in [0.2, 0.25) is 0 Å². The summed E-state index contributed by atoms with van der Waals surface area (Å²) < 4.78 is 4.14. The number of halogens is 2. The van der Waals surface area contributed by atoms with Crippen molar-refractivity contribution in [3.05, 3.63) is 24.8 Å². The molecule has 0 saturated heterocycles. The average Bonchev–Trinajstić information content (AvgIpc) is 2.62. The summed E-state index contributed by atoms with van der Waals surface area (Å²) in [6, 6.07) is 0. The highest BCUT2D eigenvalue weighted by molar-refractivity contribution is 14.1. The molecule has 0 aliphatic rings. The Kier molecular flexibility index (Phi) is 2.88. The molecule has 2 heterocycles. The van der Waals surface area contributed by atoms with Crippen LogP contribution in [-0.4, -0.2) is 14.5 Å².